The van der Waals surface area contributed by atoms with Crippen molar-refractivity contribution in [1.29, 1.82) is 0 Å². The Hall–Kier alpha value is -1.16. The first-order chi connectivity index (χ1) is 8.56. The SMILES string of the molecule is CC(=O)Nc1ccc(NC2CCSC2C)cc1C. The lowest BCUT2D eigenvalue weighted by Gasteiger charge is -2.19. The fraction of sp³-hybridized carbons (Fsp3) is 0.500. The lowest BCUT2D eigenvalue weighted by molar-refractivity contribution is -0.114. The quantitative estimate of drug-likeness (QED) is 0.880. The summed E-state index contributed by atoms with van der Waals surface area (Å²) in [4.78, 5) is 11.0. The van der Waals surface area contributed by atoms with Gasteiger partial charge in [-0.05, 0) is 42.9 Å². The van der Waals surface area contributed by atoms with Crippen molar-refractivity contribution in [3.63, 3.8) is 0 Å². The number of thioether (sulfide) groups is 1. The molecule has 2 rings (SSSR count). The van der Waals surface area contributed by atoms with E-state index >= 15 is 0 Å². The maximum absolute atomic E-state index is 11.0. The topological polar surface area (TPSA) is 41.1 Å². The molecule has 18 heavy (non-hydrogen) atoms. The van der Waals surface area contributed by atoms with Gasteiger partial charge in [-0.1, -0.05) is 6.92 Å². The molecule has 2 atom stereocenters. The molecule has 2 N–H and O–H groups in total. The normalized spacial score (nSPS) is 22.8. The first-order valence-corrected chi connectivity index (χ1v) is 7.37. The number of carbonyl (C=O) groups excluding carboxylic acids is 1. The lowest BCUT2D eigenvalue weighted by atomic mass is 10.1. The van der Waals surface area contributed by atoms with Crippen LogP contribution in [0.15, 0.2) is 18.2 Å². The number of aryl methyl sites for hydroxylation is 1. The van der Waals surface area contributed by atoms with Crippen LogP contribution in [0.1, 0.15) is 25.8 Å². The molecule has 1 aliphatic heterocycles. The molecular weight excluding hydrogens is 244 g/mol. The number of nitrogens with one attached hydrogen (secondary N) is 2. The molecule has 1 aliphatic rings. The number of carbonyl (C=O) groups is 1. The fourth-order valence-electron chi connectivity index (χ4n) is 2.22. The van der Waals surface area contributed by atoms with Crippen molar-refractivity contribution in [3.05, 3.63) is 23.8 Å². The molecule has 0 saturated carbocycles. The molecule has 0 aliphatic carbocycles. The van der Waals surface area contributed by atoms with Gasteiger partial charge in [0.15, 0.2) is 0 Å². The predicted octanol–water partition coefficient (Wildman–Crippen LogP) is 3.26. The average molecular weight is 264 g/mol. The van der Waals surface area contributed by atoms with Crippen molar-refractivity contribution in [2.45, 2.75) is 38.5 Å². The van der Waals surface area contributed by atoms with Crippen LogP contribution < -0.4 is 10.6 Å². The van der Waals surface area contributed by atoms with Crippen LogP contribution >= 0.6 is 11.8 Å². The Balaban J connectivity index is 2.06. The van der Waals surface area contributed by atoms with Gasteiger partial charge < -0.3 is 10.6 Å². The summed E-state index contributed by atoms with van der Waals surface area (Å²) in [5.41, 5.74) is 3.12. The summed E-state index contributed by atoms with van der Waals surface area (Å²) in [7, 11) is 0. The minimum atomic E-state index is -0.0281. The Bertz CT molecular complexity index is 447. The average Bonchev–Trinajstić information content (AvgIpc) is 2.68. The molecule has 0 spiro atoms. The maximum Gasteiger partial charge on any atom is 0.221 e. The zero-order valence-electron chi connectivity index (χ0n) is 11.1. The number of amides is 1. The zero-order chi connectivity index (χ0) is 13.1. The first kappa shape index (κ1) is 13.3. The van der Waals surface area contributed by atoms with Crippen LogP contribution in [-0.2, 0) is 4.79 Å². The maximum atomic E-state index is 11.0. The highest BCUT2D eigenvalue weighted by molar-refractivity contribution is 8.00. The van der Waals surface area contributed by atoms with Crippen LogP contribution in [0.5, 0.6) is 0 Å². The van der Waals surface area contributed by atoms with Crippen LogP contribution in [-0.4, -0.2) is 23.0 Å². The number of hydrogen-bond donors (Lipinski definition) is 2. The predicted molar refractivity (Wildman–Crippen MR) is 79.4 cm³/mol. The van der Waals surface area contributed by atoms with E-state index in [2.05, 4.69) is 23.6 Å². The van der Waals surface area contributed by atoms with E-state index in [9.17, 15) is 4.79 Å². The molecule has 98 valence electrons. The van der Waals surface area contributed by atoms with E-state index in [1.54, 1.807) is 0 Å². The second kappa shape index (κ2) is 5.65. The standard InChI is InChI=1S/C14H20N2OS/c1-9-8-12(4-5-13(9)15-11(3)17)16-14-6-7-18-10(14)2/h4-5,8,10,14,16H,6-7H2,1-3H3,(H,15,17). The number of hydrogen-bond acceptors (Lipinski definition) is 3. The second-order valence-electron chi connectivity index (χ2n) is 4.83. The minimum Gasteiger partial charge on any atom is -0.381 e. The largest absolute Gasteiger partial charge is 0.381 e. The van der Waals surface area contributed by atoms with Crippen LogP contribution in [0.3, 0.4) is 0 Å². The molecule has 1 aromatic carbocycles. The van der Waals surface area contributed by atoms with Crippen molar-refractivity contribution in [3.8, 4) is 0 Å². The van der Waals surface area contributed by atoms with Crippen LogP contribution in [0.25, 0.3) is 0 Å². The van der Waals surface area contributed by atoms with E-state index in [1.807, 2.05) is 30.8 Å². The molecule has 0 radical (unpaired) electrons. The number of anilines is 2. The van der Waals surface area contributed by atoms with Gasteiger partial charge in [0.1, 0.15) is 0 Å². The Kier molecular flexibility index (Phi) is 4.17. The van der Waals surface area contributed by atoms with Crippen molar-refractivity contribution >= 4 is 29.0 Å². The third-order valence-electron chi connectivity index (χ3n) is 3.27. The monoisotopic (exact) mass is 264 g/mol. The molecule has 4 heteroatoms. The summed E-state index contributed by atoms with van der Waals surface area (Å²) < 4.78 is 0. The van der Waals surface area contributed by atoms with Crippen molar-refractivity contribution in [2.75, 3.05) is 16.4 Å². The summed E-state index contributed by atoms with van der Waals surface area (Å²) in [6.07, 6.45) is 1.22. The van der Waals surface area contributed by atoms with Crippen molar-refractivity contribution in [2.24, 2.45) is 0 Å². The van der Waals surface area contributed by atoms with Gasteiger partial charge in [-0.15, -0.1) is 0 Å². The fourth-order valence-corrected chi connectivity index (χ4v) is 3.42. The van der Waals surface area contributed by atoms with E-state index in [-0.39, 0.29) is 5.91 Å². The Labute approximate surface area is 113 Å². The Morgan fingerprint density at radius 1 is 1.44 bits per heavy atom. The molecular formula is C14H20N2OS. The highest BCUT2D eigenvalue weighted by Gasteiger charge is 2.23. The van der Waals surface area contributed by atoms with Crippen LogP contribution in [0.2, 0.25) is 0 Å². The molecule has 3 nitrogen and oxygen atoms in total. The third-order valence-corrected chi connectivity index (χ3v) is 4.59. The molecule has 1 fully saturated rings. The van der Waals surface area contributed by atoms with Crippen LogP contribution in [0.4, 0.5) is 11.4 Å². The van der Waals surface area contributed by atoms with E-state index in [0.29, 0.717) is 11.3 Å². The van der Waals surface area contributed by atoms with Gasteiger partial charge in [0.2, 0.25) is 5.91 Å². The minimum absolute atomic E-state index is 0.0281. The molecule has 1 heterocycles. The van der Waals surface area contributed by atoms with Gasteiger partial charge >= 0.3 is 0 Å². The second-order valence-corrected chi connectivity index (χ2v) is 6.31. The molecule has 1 saturated heterocycles. The van der Waals surface area contributed by atoms with Gasteiger partial charge in [0.25, 0.3) is 0 Å². The van der Waals surface area contributed by atoms with Gasteiger partial charge in [-0.2, -0.15) is 11.8 Å². The zero-order valence-corrected chi connectivity index (χ0v) is 11.9. The number of benzene rings is 1. The van der Waals surface area contributed by atoms with E-state index in [1.165, 1.54) is 19.1 Å². The molecule has 0 bridgehead atoms. The highest BCUT2D eigenvalue weighted by atomic mass is 32.2. The summed E-state index contributed by atoms with van der Waals surface area (Å²) in [5, 5.41) is 7.08. The molecule has 1 aromatic rings. The Morgan fingerprint density at radius 3 is 2.78 bits per heavy atom. The molecule has 0 aromatic heterocycles. The highest BCUT2D eigenvalue weighted by Crippen LogP contribution is 2.29. The summed E-state index contributed by atoms with van der Waals surface area (Å²) in [5.74, 6) is 1.21. The first-order valence-electron chi connectivity index (χ1n) is 6.32. The van der Waals surface area contributed by atoms with Crippen LogP contribution in [0, 0.1) is 6.92 Å². The van der Waals surface area contributed by atoms with Crippen molar-refractivity contribution < 1.29 is 4.79 Å². The number of rotatable bonds is 3. The van der Waals surface area contributed by atoms with Gasteiger partial charge in [0, 0.05) is 29.6 Å². The lowest BCUT2D eigenvalue weighted by Crippen LogP contribution is -2.24. The van der Waals surface area contributed by atoms with Crippen molar-refractivity contribution in [1.82, 2.24) is 0 Å². The van der Waals surface area contributed by atoms with Gasteiger partial charge in [-0.25, -0.2) is 0 Å². The van der Waals surface area contributed by atoms with E-state index < -0.39 is 0 Å². The molecule has 2 unspecified atom stereocenters. The van der Waals surface area contributed by atoms with E-state index in [4.69, 9.17) is 0 Å². The van der Waals surface area contributed by atoms with Gasteiger partial charge in [-0.3, -0.25) is 4.79 Å². The smallest absolute Gasteiger partial charge is 0.221 e. The van der Waals surface area contributed by atoms with Gasteiger partial charge in [0.05, 0.1) is 0 Å². The third kappa shape index (κ3) is 3.19. The summed E-state index contributed by atoms with van der Waals surface area (Å²) >= 11 is 2.02. The summed E-state index contributed by atoms with van der Waals surface area (Å²) in [6.45, 7) is 5.82. The summed E-state index contributed by atoms with van der Waals surface area (Å²) in [6, 6.07) is 6.65. The van der Waals surface area contributed by atoms with E-state index in [0.717, 1.165) is 16.9 Å². The molecule has 1 amide bonds. The Morgan fingerprint density at radius 2 is 2.22 bits per heavy atom.